The maximum Gasteiger partial charge on any atom is 0.303 e. The summed E-state index contributed by atoms with van der Waals surface area (Å²) in [5.41, 5.74) is 5.61. The van der Waals surface area contributed by atoms with Gasteiger partial charge in [0.2, 0.25) is 0 Å². The minimum absolute atomic E-state index is 0.0553. The molecule has 190 valence electrons. The van der Waals surface area contributed by atoms with Gasteiger partial charge >= 0.3 is 5.97 Å². The average Bonchev–Trinajstić information content (AvgIpc) is 3.63. The number of ether oxygens (including phenoxy) is 1. The molecule has 0 heterocycles. The first-order valence-electron chi connectivity index (χ1n) is 12.5. The van der Waals surface area contributed by atoms with E-state index in [-0.39, 0.29) is 29.3 Å². The fourth-order valence-electron chi connectivity index (χ4n) is 5.26. The van der Waals surface area contributed by atoms with Crippen LogP contribution in [-0.4, -0.2) is 23.3 Å². The maximum absolute atomic E-state index is 14.9. The van der Waals surface area contributed by atoms with E-state index in [1.165, 1.54) is 6.07 Å². The lowest BCUT2D eigenvalue weighted by Crippen LogP contribution is -2.11. The number of hydrogen-bond donors (Lipinski definition) is 2. The second kappa shape index (κ2) is 9.96. The SMILES string of the molecule is COc1ccc(F)c(-c2ccc(-c3c(O)ccc(C(CC(=O)O)C4CC4)c3C)cc2CC(C)(C)C)c1. The summed E-state index contributed by atoms with van der Waals surface area (Å²) in [6.07, 6.45) is 2.85. The zero-order chi connectivity index (χ0) is 26.2. The largest absolute Gasteiger partial charge is 0.507 e. The van der Waals surface area contributed by atoms with E-state index in [4.69, 9.17) is 4.74 Å². The summed E-state index contributed by atoms with van der Waals surface area (Å²) < 4.78 is 20.3. The number of carboxylic acids is 1. The zero-order valence-corrected chi connectivity index (χ0v) is 21.7. The van der Waals surface area contributed by atoms with E-state index < -0.39 is 5.97 Å². The molecule has 0 aliphatic heterocycles. The van der Waals surface area contributed by atoms with Crippen molar-refractivity contribution in [3.8, 4) is 33.8 Å². The van der Waals surface area contributed by atoms with Crippen LogP contribution in [0.5, 0.6) is 11.5 Å². The monoisotopic (exact) mass is 490 g/mol. The van der Waals surface area contributed by atoms with Gasteiger partial charge in [0.1, 0.15) is 17.3 Å². The van der Waals surface area contributed by atoms with E-state index in [1.54, 1.807) is 25.3 Å². The number of hydrogen-bond acceptors (Lipinski definition) is 3. The number of phenols is 1. The third-order valence-electron chi connectivity index (χ3n) is 7.05. The Morgan fingerprint density at radius 3 is 2.42 bits per heavy atom. The molecular formula is C31H35FO4. The standard InChI is InChI=1S/C31H35FO4/c1-18-23(25(16-29(34)35)19-6-7-19)11-13-28(33)30(18)20-8-10-24(21(14-20)17-31(2,3)4)26-15-22(36-5)9-12-27(26)32/h8-15,19,25,33H,6-7,16-17H2,1-5H3,(H,34,35). The first-order chi connectivity index (χ1) is 17.0. The molecule has 0 radical (unpaired) electrons. The molecule has 1 fully saturated rings. The van der Waals surface area contributed by atoms with Crippen molar-refractivity contribution in [2.75, 3.05) is 7.11 Å². The van der Waals surface area contributed by atoms with Gasteiger partial charge in [-0.25, -0.2) is 4.39 Å². The van der Waals surface area contributed by atoms with Crippen LogP contribution in [0.15, 0.2) is 48.5 Å². The Morgan fingerprint density at radius 2 is 1.81 bits per heavy atom. The number of carbonyl (C=O) groups is 1. The van der Waals surface area contributed by atoms with Crippen molar-refractivity contribution in [3.05, 3.63) is 71.0 Å². The van der Waals surface area contributed by atoms with Crippen molar-refractivity contribution in [2.24, 2.45) is 11.3 Å². The molecule has 4 nitrogen and oxygen atoms in total. The van der Waals surface area contributed by atoms with Crippen LogP contribution in [0.3, 0.4) is 0 Å². The highest BCUT2D eigenvalue weighted by Gasteiger charge is 2.35. The van der Waals surface area contributed by atoms with Crippen LogP contribution in [0.25, 0.3) is 22.3 Å². The van der Waals surface area contributed by atoms with Gasteiger partial charge in [-0.15, -0.1) is 0 Å². The van der Waals surface area contributed by atoms with Gasteiger partial charge < -0.3 is 14.9 Å². The highest BCUT2D eigenvalue weighted by atomic mass is 19.1. The highest BCUT2D eigenvalue weighted by Crippen LogP contribution is 2.48. The number of methoxy groups -OCH3 is 1. The first-order valence-corrected chi connectivity index (χ1v) is 12.5. The minimum atomic E-state index is -0.807. The molecule has 4 rings (SSSR count). The van der Waals surface area contributed by atoms with Crippen LogP contribution in [-0.2, 0) is 11.2 Å². The molecule has 1 aliphatic rings. The van der Waals surface area contributed by atoms with E-state index >= 15 is 0 Å². The maximum atomic E-state index is 14.9. The van der Waals surface area contributed by atoms with E-state index in [2.05, 4.69) is 20.8 Å². The summed E-state index contributed by atoms with van der Waals surface area (Å²) in [5.74, 6) is -0.0853. The molecule has 0 amide bonds. The molecule has 3 aromatic carbocycles. The van der Waals surface area contributed by atoms with E-state index in [0.717, 1.165) is 40.7 Å². The Labute approximate surface area is 212 Å². The van der Waals surface area contributed by atoms with Crippen LogP contribution >= 0.6 is 0 Å². The van der Waals surface area contributed by atoms with Gasteiger partial charge in [0.15, 0.2) is 0 Å². The Kier molecular flexibility index (Phi) is 7.12. The van der Waals surface area contributed by atoms with Crippen molar-refractivity contribution in [1.82, 2.24) is 0 Å². The molecule has 0 bridgehead atoms. The summed E-state index contributed by atoms with van der Waals surface area (Å²) in [4.78, 5) is 11.6. The smallest absolute Gasteiger partial charge is 0.303 e. The number of phenolic OH excluding ortho intramolecular Hbond substituents is 1. The second-order valence-corrected chi connectivity index (χ2v) is 11.2. The summed E-state index contributed by atoms with van der Waals surface area (Å²) in [6, 6.07) is 14.1. The molecule has 1 unspecified atom stereocenters. The molecule has 0 aromatic heterocycles. The van der Waals surface area contributed by atoms with Gasteiger partial charge in [-0.2, -0.15) is 0 Å². The molecule has 1 aliphatic carbocycles. The van der Waals surface area contributed by atoms with Gasteiger partial charge in [0.25, 0.3) is 0 Å². The molecule has 1 saturated carbocycles. The average molecular weight is 491 g/mol. The number of benzene rings is 3. The molecule has 2 N–H and O–H groups in total. The summed E-state index contributed by atoms with van der Waals surface area (Å²) >= 11 is 0. The van der Waals surface area contributed by atoms with E-state index in [1.807, 2.05) is 31.2 Å². The fraction of sp³-hybridized carbons (Fsp3) is 0.387. The zero-order valence-electron chi connectivity index (χ0n) is 21.7. The van der Waals surface area contributed by atoms with Crippen LogP contribution in [0.2, 0.25) is 0 Å². The number of rotatable bonds is 8. The lowest BCUT2D eigenvalue weighted by atomic mass is 9.81. The Hall–Kier alpha value is -3.34. The van der Waals surface area contributed by atoms with Crippen molar-refractivity contribution in [2.45, 2.75) is 59.3 Å². The van der Waals surface area contributed by atoms with Gasteiger partial charge in [0, 0.05) is 11.1 Å². The number of aliphatic carboxylic acids is 1. The molecule has 1 atom stereocenters. The van der Waals surface area contributed by atoms with Crippen molar-refractivity contribution in [3.63, 3.8) is 0 Å². The molecule has 3 aromatic rings. The molecule has 0 spiro atoms. The van der Waals surface area contributed by atoms with Crippen LogP contribution in [0.1, 0.15) is 62.6 Å². The predicted octanol–water partition coefficient (Wildman–Crippen LogP) is 7.74. The Bertz CT molecular complexity index is 1280. The normalized spacial score (nSPS) is 14.5. The van der Waals surface area contributed by atoms with Gasteiger partial charge in [-0.05, 0) is 95.5 Å². The van der Waals surface area contributed by atoms with Gasteiger partial charge in [-0.3, -0.25) is 4.79 Å². The Balaban J connectivity index is 1.86. The van der Waals surface area contributed by atoms with Gasteiger partial charge in [-0.1, -0.05) is 45.0 Å². The number of carboxylic acid groups (broad SMARTS) is 1. The molecule has 5 heteroatoms. The molecule has 0 saturated heterocycles. The second-order valence-electron chi connectivity index (χ2n) is 11.2. The summed E-state index contributed by atoms with van der Waals surface area (Å²) in [5, 5.41) is 20.4. The van der Waals surface area contributed by atoms with Gasteiger partial charge in [0.05, 0.1) is 13.5 Å². The van der Waals surface area contributed by atoms with E-state index in [0.29, 0.717) is 29.2 Å². The quantitative estimate of drug-likeness (QED) is 0.339. The third kappa shape index (κ3) is 5.56. The van der Waals surface area contributed by atoms with Crippen LogP contribution in [0, 0.1) is 24.1 Å². The fourth-order valence-corrected chi connectivity index (χ4v) is 5.26. The summed E-state index contributed by atoms with van der Waals surface area (Å²) in [7, 11) is 1.56. The van der Waals surface area contributed by atoms with Crippen molar-refractivity contribution < 1.29 is 24.1 Å². The third-order valence-corrected chi connectivity index (χ3v) is 7.05. The lowest BCUT2D eigenvalue weighted by molar-refractivity contribution is -0.137. The molecule has 36 heavy (non-hydrogen) atoms. The topological polar surface area (TPSA) is 66.8 Å². The minimum Gasteiger partial charge on any atom is -0.507 e. The Morgan fingerprint density at radius 1 is 1.08 bits per heavy atom. The van der Waals surface area contributed by atoms with Crippen molar-refractivity contribution in [1.29, 1.82) is 0 Å². The number of aromatic hydroxyl groups is 1. The van der Waals surface area contributed by atoms with Crippen molar-refractivity contribution >= 4 is 5.97 Å². The highest BCUT2D eigenvalue weighted by molar-refractivity contribution is 5.80. The predicted molar refractivity (Wildman–Crippen MR) is 141 cm³/mol. The lowest BCUT2D eigenvalue weighted by Gasteiger charge is -2.24. The summed E-state index contributed by atoms with van der Waals surface area (Å²) in [6.45, 7) is 8.38. The van der Waals surface area contributed by atoms with Crippen LogP contribution < -0.4 is 4.74 Å². The van der Waals surface area contributed by atoms with E-state index in [9.17, 15) is 19.4 Å². The molecular weight excluding hydrogens is 455 g/mol. The number of halogens is 1. The first kappa shape index (κ1) is 25.7. The van der Waals surface area contributed by atoms with Crippen LogP contribution in [0.4, 0.5) is 4.39 Å².